The van der Waals surface area contributed by atoms with E-state index in [9.17, 15) is 9.59 Å². The first-order valence-electron chi connectivity index (χ1n) is 7.65. The SMILES string of the molecule is O=C(NC1CCCN(c2ncccn2)C1)c1ccc(C(=O)O)nc1. The van der Waals surface area contributed by atoms with Gasteiger partial charge in [0.1, 0.15) is 5.69 Å². The van der Waals surface area contributed by atoms with Gasteiger partial charge < -0.3 is 15.3 Å². The largest absolute Gasteiger partial charge is 0.477 e. The van der Waals surface area contributed by atoms with Crippen LogP contribution in [0.3, 0.4) is 0 Å². The lowest BCUT2D eigenvalue weighted by Gasteiger charge is -2.33. The van der Waals surface area contributed by atoms with Crippen molar-refractivity contribution >= 4 is 17.8 Å². The van der Waals surface area contributed by atoms with Crippen LogP contribution in [-0.2, 0) is 0 Å². The Morgan fingerprint density at radius 1 is 1.21 bits per heavy atom. The molecule has 1 fully saturated rings. The average Bonchev–Trinajstić information content (AvgIpc) is 2.63. The van der Waals surface area contributed by atoms with Gasteiger partial charge in [-0.05, 0) is 31.0 Å². The topological polar surface area (TPSA) is 108 Å². The molecule has 0 saturated carbocycles. The molecule has 1 aliphatic rings. The van der Waals surface area contributed by atoms with Crippen molar-refractivity contribution < 1.29 is 14.7 Å². The number of carbonyl (C=O) groups excluding carboxylic acids is 1. The van der Waals surface area contributed by atoms with Crippen LogP contribution in [0.1, 0.15) is 33.7 Å². The molecule has 2 aromatic heterocycles. The summed E-state index contributed by atoms with van der Waals surface area (Å²) in [5, 5.41) is 11.8. The highest BCUT2D eigenvalue weighted by Gasteiger charge is 2.23. The monoisotopic (exact) mass is 327 g/mol. The molecule has 0 aliphatic carbocycles. The zero-order valence-corrected chi connectivity index (χ0v) is 12.9. The van der Waals surface area contributed by atoms with Crippen molar-refractivity contribution in [2.45, 2.75) is 18.9 Å². The van der Waals surface area contributed by atoms with Crippen LogP contribution in [0.15, 0.2) is 36.8 Å². The van der Waals surface area contributed by atoms with Crippen molar-refractivity contribution in [2.24, 2.45) is 0 Å². The van der Waals surface area contributed by atoms with Crippen LogP contribution in [0, 0.1) is 0 Å². The number of nitrogens with one attached hydrogen (secondary N) is 1. The van der Waals surface area contributed by atoms with Gasteiger partial charge in [-0.3, -0.25) is 4.79 Å². The number of pyridine rings is 1. The van der Waals surface area contributed by atoms with E-state index in [0.717, 1.165) is 19.4 Å². The maximum Gasteiger partial charge on any atom is 0.354 e. The molecule has 8 nitrogen and oxygen atoms in total. The molecule has 1 aliphatic heterocycles. The Labute approximate surface area is 138 Å². The fourth-order valence-electron chi connectivity index (χ4n) is 2.65. The second-order valence-electron chi connectivity index (χ2n) is 5.54. The maximum absolute atomic E-state index is 12.3. The van der Waals surface area contributed by atoms with Crippen molar-refractivity contribution in [3.8, 4) is 0 Å². The quantitative estimate of drug-likeness (QED) is 0.861. The van der Waals surface area contributed by atoms with E-state index in [1.165, 1.54) is 18.3 Å². The number of carbonyl (C=O) groups is 2. The van der Waals surface area contributed by atoms with Gasteiger partial charge in [0.15, 0.2) is 0 Å². The molecule has 2 aromatic rings. The molecule has 0 bridgehead atoms. The Morgan fingerprint density at radius 2 is 2.00 bits per heavy atom. The first-order chi connectivity index (χ1) is 11.6. The molecule has 1 unspecified atom stereocenters. The van der Waals surface area contributed by atoms with E-state index < -0.39 is 5.97 Å². The smallest absolute Gasteiger partial charge is 0.354 e. The fourth-order valence-corrected chi connectivity index (χ4v) is 2.65. The molecule has 124 valence electrons. The molecule has 8 heteroatoms. The van der Waals surface area contributed by atoms with E-state index >= 15 is 0 Å². The average molecular weight is 327 g/mol. The minimum atomic E-state index is -1.12. The summed E-state index contributed by atoms with van der Waals surface area (Å²) in [7, 11) is 0. The van der Waals surface area contributed by atoms with E-state index in [-0.39, 0.29) is 17.6 Å². The second-order valence-corrected chi connectivity index (χ2v) is 5.54. The third kappa shape index (κ3) is 3.65. The molecule has 3 rings (SSSR count). The zero-order chi connectivity index (χ0) is 16.9. The number of piperidine rings is 1. The molecule has 1 amide bonds. The van der Waals surface area contributed by atoms with E-state index in [2.05, 4.69) is 20.3 Å². The van der Waals surface area contributed by atoms with Crippen LogP contribution in [0.4, 0.5) is 5.95 Å². The number of hydrogen-bond acceptors (Lipinski definition) is 6. The van der Waals surface area contributed by atoms with Gasteiger partial charge in [0.05, 0.1) is 5.56 Å². The summed E-state index contributed by atoms with van der Waals surface area (Å²) in [6, 6.07) is 4.53. The van der Waals surface area contributed by atoms with Crippen molar-refractivity contribution in [3.63, 3.8) is 0 Å². The van der Waals surface area contributed by atoms with Crippen molar-refractivity contribution in [1.82, 2.24) is 20.3 Å². The first-order valence-corrected chi connectivity index (χ1v) is 7.65. The lowest BCUT2D eigenvalue weighted by atomic mass is 10.1. The summed E-state index contributed by atoms with van der Waals surface area (Å²) in [6.45, 7) is 1.49. The summed E-state index contributed by atoms with van der Waals surface area (Å²) < 4.78 is 0. The molecular formula is C16H17N5O3. The number of aromatic carboxylic acids is 1. The van der Waals surface area contributed by atoms with Gasteiger partial charge in [-0.25, -0.2) is 19.7 Å². The summed E-state index contributed by atoms with van der Waals surface area (Å²) in [4.78, 5) is 37.4. The van der Waals surface area contributed by atoms with Crippen LogP contribution < -0.4 is 10.2 Å². The first kappa shape index (κ1) is 15.9. The van der Waals surface area contributed by atoms with E-state index in [0.29, 0.717) is 18.1 Å². The van der Waals surface area contributed by atoms with Gasteiger partial charge >= 0.3 is 5.97 Å². The zero-order valence-electron chi connectivity index (χ0n) is 12.9. The molecule has 24 heavy (non-hydrogen) atoms. The number of aromatic nitrogens is 3. The van der Waals surface area contributed by atoms with E-state index in [4.69, 9.17) is 5.11 Å². The molecule has 2 N–H and O–H groups in total. The van der Waals surface area contributed by atoms with Crippen LogP contribution in [0.25, 0.3) is 0 Å². The van der Waals surface area contributed by atoms with E-state index in [1.807, 2.05) is 4.90 Å². The number of hydrogen-bond donors (Lipinski definition) is 2. The third-order valence-corrected chi connectivity index (χ3v) is 3.84. The highest BCUT2D eigenvalue weighted by atomic mass is 16.4. The molecule has 3 heterocycles. The Bertz CT molecular complexity index is 720. The number of anilines is 1. The lowest BCUT2D eigenvalue weighted by Crippen LogP contribution is -2.48. The van der Waals surface area contributed by atoms with Crippen LogP contribution >= 0.6 is 0 Å². The minimum Gasteiger partial charge on any atom is -0.477 e. The molecular weight excluding hydrogens is 310 g/mol. The highest BCUT2D eigenvalue weighted by molar-refractivity contribution is 5.95. The molecule has 0 radical (unpaired) electrons. The van der Waals surface area contributed by atoms with Crippen molar-refractivity contribution in [1.29, 1.82) is 0 Å². The second kappa shape index (κ2) is 7.03. The third-order valence-electron chi connectivity index (χ3n) is 3.84. The number of nitrogens with zero attached hydrogens (tertiary/aromatic N) is 4. The highest BCUT2D eigenvalue weighted by Crippen LogP contribution is 2.15. The summed E-state index contributed by atoms with van der Waals surface area (Å²) in [5.74, 6) is -0.725. The van der Waals surface area contributed by atoms with Gasteiger partial charge in [-0.2, -0.15) is 0 Å². The normalized spacial score (nSPS) is 17.3. The Balaban J connectivity index is 1.62. The van der Waals surface area contributed by atoms with E-state index in [1.54, 1.807) is 18.5 Å². The predicted octanol–water partition coefficient (Wildman–Crippen LogP) is 0.969. The number of carboxylic acids is 1. The van der Waals surface area contributed by atoms with Crippen LogP contribution in [0.5, 0.6) is 0 Å². The number of carboxylic acid groups (broad SMARTS) is 1. The Hall–Kier alpha value is -3.03. The molecule has 0 spiro atoms. The van der Waals surface area contributed by atoms with Gasteiger partial charge in [0, 0.05) is 37.7 Å². The molecule has 1 saturated heterocycles. The van der Waals surface area contributed by atoms with Crippen molar-refractivity contribution in [3.05, 3.63) is 48.0 Å². The molecule has 0 aromatic carbocycles. The number of amides is 1. The Morgan fingerprint density at radius 3 is 2.67 bits per heavy atom. The summed E-state index contributed by atoms with van der Waals surface area (Å²) in [6.07, 6.45) is 6.47. The maximum atomic E-state index is 12.3. The van der Waals surface area contributed by atoms with Gasteiger partial charge in [-0.15, -0.1) is 0 Å². The summed E-state index contributed by atoms with van der Waals surface area (Å²) >= 11 is 0. The van der Waals surface area contributed by atoms with Gasteiger partial charge in [0.25, 0.3) is 5.91 Å². The van der Waals surface area contributed by atoms with Gasteiger partial charge in [0.2, 0.25) is 5.95 Å². The summed E-state index contributed by atoms with van der Waals surface area (Å²) in [5.41, 5.74) is 0.254. The van der Waals surface area contributed by atoms with Crippen LogP contribution in [-0.4, -0.2) is 51.1 Å². The standard InChI is InChI=1S/C16H17N5O3/c22-14(11-4-5-13(15(23)24)19-9-11)20-12-3-1-8-21(10-12)16-17-6-2-7-18-16/h2,4-7,9,12H,1,3,8,10H2,(H,20,22)(H,23,24). The van der Waals surface area contributed by atoms with Crippen LogP contribution in [0.2, 0.25) is 0 Å². The lowest BCUT2D eigenvalue weighted by molar-refractivity contribution is 0.0689. The molecule has 1 atom stereocenters. The van der Waals surface area contributed by atoms with Crippen molar-refractivity contribution in [2.75, 3.05) is 18.0 Å². The fraction of sp³-hybridized carbons (Fsp3) is 0.312. The Kier molecular flexibility index (Phi) is 4.64. The van der Waals surface area contributed by atoms with Gasteiger partial charge in [-0.1, -0.05) is 0 Å². The number of rotatable bonds is 4. The predicted molar refractivity (Wildman–Crippen MR) is 85.9 cm³/mol. The minimum absolute atomic E-state index is 0.0193.